The molecule has 0 bridgehead atoms. The standard InChI is InChI=1S/C21H23F3N2O2S3/c22-21(23,24)31(27)20-14-17(29)6-7-19(20)26(31)16(8-9-25-10-12-28-13-11-25)15-30-18-4-2-1-3-5-18/h1-7,14,16H,8-13,15H2/p+1. The molecule has 2 atom stereocenters. The summed E-state index contributed by atoms with van der Waals surface area (Å²) in [5.41, 5.74) is -4.46. The number of hydrogen-bond acceptors (Lipinski definition) is 5. The maximum absolute atomic E-state index is 14.1. The van der Waals surface area contributed by atoms with Crippen molar-refractivity contribution in [1.29, 1.82) is 0 Å². The van der Waals surface area contributed by atoms with E-state index in [-0.39, 0.29) is 4.90 Å². The fraction of sp³-hybridized carbons (Fsp3) is 0.429. The Kier molecular flexibility index (Phi) is 6.93. The smallest absolute Gasteiger partial charge is 0.379 e. The summed E-state index contributed by atoms with van der Waals surface area (Å²) in [6, 6.07) is 13.6. The van der Waals surface area contributed by atoms with E-state index in [0.717, 1.165) is 21.9 Å². The Morgan fingerprint density at radius 1 is 1.16 bits per heavy atom. The van der Waals surface area contributed by atoms with E-state index in [1.165, 1.54) is 17.8 Å². The molecule has 0 N–H and O–H groups in total. The molecule has 0 amide bonds. The van der Waals surface area contributed by atoms with Crippen molar-refractivity contribution in [2.45, 2.75) is 32.7 Å². The molecular weight excluding hydrogens is 465 g/mol. The van der Waals surface area contributed by atoms with Crippen LogP contribution in [0, 0.1) is 0 Å². The molecule has 0 aromatic heterocycles. The number of fused-ring (bicyclic) bond motifs is 1. The van der Waals surface area contributed by atoms with Gasteiger partial charge in [0, 0.05) is 41.9 Å². The predicted molar refractivity (Wildman–Crippen MR) is 119 cm³/mol. The van der Waals surface area contributed by atoms with Crippen LogP contribution in [-0.4, -0.2) is 63.2 Å². The quantitative estimate of drug-likeness (QED) is 0.342. The van der Waals surface area contributed by atoms with Crippen LogP contribution >= 0.6 is 24.4 Å². The van der Waals surface area contributed by atoms with Gasteiger partial charge >= 0.3 is 5.51 Å². The molecule has 0 saturated carbocycles. The summed E-state index contributed by atoms with van der Waals surface area (Å²) in [7, 11) is -4.36. The van der Waals surface area contributed by atoms with Crippen LogP contribution in [0.1, 0.15) is 6.42 Å². The first-order valence-electron chi connectivity index (χ1n) is 10.0. The number of ether oxygens (including phenoxy) is 1. The lowest BCUT2D eigenvalue weighted by Gasteiger charge is -2.31. The molecule has 2 unspecified atom stereocenters. The molecule has 4 nitrogen and oxygen atoms in total. The molecule has 1 fully saturated rings. The van der Waals surface area contributed by atoms with E-state index in [0.29, 0.717) is 42.5 Å². The van der Waals surface area contributed by atoms with Crippen LogP contribution in [0.15, 0.2) is 63.2 Å². The van der Waals surface area contributed by atoms with Crippen LogP contribution < -0.4 is 0 Å². The Morgan fingerprint density at radius 2 is 1.87 bits per heavy atom. The lowest BCUT2D eigenvalue weighted by molar-refractivity contribution is -0.476. The zero-order valence-electron chi connectivity index (χ0n) is 16.8. The molecule has 0 aliphatic carbocycles. The molecule has 2 aliphatic heterocycles. The fourth-order valence-electron chi connectivity index (χ4n) is 3.89. The average Bonchev–Trinajstić information content (AvgIpc) is 2.76. The minimum atomic E-state index is -4.85. The third-order valence-corrected chi connectivity index (χ3v) is 9.50. The second kappa shape index (κ2) is 9.35. The first-order valence-corrected chi connectivity index (χ1v) is 13.0. The molecule has 10 heteroatoms. The summed E-state index contributed by atoms with van der Waals surface area (Å²) in [6.45, 7) is 3.40. The second-order valence-corrected chi connectivity index (χ2v) is 11.4. The molecule has 2 heterocycles. The van der Waals surface area contributed by atoms with Gasteiger partial charge in [0.1, 0.15) is 0 Å². The van der Waals surface area contributed by atoms with Gasteiger partial charge in [0.2, 0.25) is 5.69 Å². The molecule has 31 heavy (non-hydrogen) atoms. The zero-order valence-corrected chi connectivity index (χ0v) is 19.3. The molecule has 2 aromatic carbocycles. The number of rotatable bonds is 7. The van der Waals surface area contributed by atoms with E-state index in [2.05, 4.69) is 17.5 Å². The normalized spacial score (nSPS) is 22.6. The summed E-state index contributed by atoms with van der Waals surface area (Å²) in [4.78, 5) is 3.38. The number of hydrogen-bond donors (Lipinski definition) is 1. The lowest BCUT2D eigenvalue weighted by atomic mass is 10.2. The predicted octanol–water partition coefficient (Wildman–Crippen LogP) is 4.86. The lowest BCUT2D eigenvalue weighted by Crippen LogP contribution is -2.46. The van der Waals surface area contributed by atoms with E-state index >= 15 is 0 Å². The SMILES string of the molecule is O=S1(C(F)(F)F)=[N+](C(CCN2CCOCC2)CSc2ccccc2)c2ccc(S)cc21. The maximum Gasteiger partial charge on any atom is 0.521 e. The van der Waals surface area contributed by atoms with Crippen LogP contribution in [0.25, 0.3) is 0 Å². The highest BCUT2D eigenvalue weighted by Gasteiger charge is 2.61. The van der Waals surface area contributed by atoms with Crippen LogP contribution in [0.4, 0.5) is 18.9 Å². The first kappa shape index (κ1) is 23.0. The number of morpholine rings is 1. The number of halogens is 3. The first-order chi connectivity index (χ1) is 14.8. The minimum absolute atomic E-state index is 0.159. The Hall–Kier alpha value is -1.20. The van der Waals surface area contributed by atoms with Gasteiger partial charge in [-0.15, -0.1) is 28.3 Å². The number of alkyl halides is 3. The molecule has 2 aliphatic rings. The van der Waals surface area contributed by atoms with Crippen LogP contribution in [0.3, 0.4) is 0 Å². The van der Waals surface area contributed by atoms with Gasteiger partial charge in [-0.05, 0) is 24.3 Å². The third kappa shape index (κ3) is 4.64. The highest BCUT2D eigenvalue weighted by molar-refractivity contribution is 7.99. The molecule has 1 saturated heterocycles. The van der Waals surface area contributed by atoms with E-state index in [9.17, 15) is 17.4 Å². The van der Waals surface area contributed by atoms with Crippen molar-refractivity contribution in [2.24, 2.45) is 0 Å². The van der Waals surface area contributed by atoms with Crippen LogP contribution in [-0.2, 0) is 14.5 Å². The highest BCUT2D eigenvalue weighted by atomic mass is 32.2. The van der Waals surface area contributed by atoms with Crippen molar-refractivity contribution in [1.82, 2.24) is 4.90 Å². The van der Waals surface area contributed by atoms with E-state index in [1.807, 2.05) is 30.3 Å². The largest absolute Gasteiger partial charge is 0.521 e. The zero-order chi connectivity index (χ0) is 22.1. The fourth-order valence-corrected chi connectivity index (χ4v) is 7.65. The Bertz CT molecular complexity index is 1050. The second-order valence-electron chi connectivity index (χ2n) is 7.47. The molecule has 0 radical (unpaired) electrons. The van der Waals surface area contributed by atoms with Crippen molar-refractivity contribution >= 4 is 39.8 Å². The van der Waals surface area contributed by atoms with Gasteiger partial charge in [-0.1, -0.05) is 18.2 Å². The van der Waals surface area contributed by atoms with Crippen molar-refractivity contribution in [3.63, 3.8) is 0 Å². The van der Waals surface area contributed by atoms with Gasteiger partial charge in [-0.25, -0.2) is 0 Å². The summed E-state index contributed by atoms with van der Waals surface area (Å²) >= 11 is 5.64. The molecule has 2 aromatic rings. The Balaban J connectivity index is 1.67. The number of nitrogens with zero attached hydrogens (tertiary/aromatic N) is 2. The molecule has 4 rings (SSSR count). The van der Waals surface area contributed by atoms with Gasteiger partial charge in [-0.2, -0.15) is 17.4 Å². The van der Waals surface area contributed by atoms with Gasteiger partial charge in [-0.3, -0.25) is 4.90 Å². The topological polar surface area (TPSA) is 32.5 Å². The average molecular weight is 490 g/mol. The number of thiol groups is 1. The number of thioether (sulfide) groups is 1. The van der Waals surface area contributed by atoms with Crippen molar-refractivity contribution < 1.29 is 26.1 Å². The minimum Gasteiger partial charge on any atom is -0.379 e. The summed E-state index contributed by atoms with van der Waals surface area (Å²) < 4.78 is 62.2. The van der Waals surface area contributed by atoms with Crippen LogP contribution in [0.5, 0.6) is 0 Å². The van der Waals surface area contributed by atoms with Gasteiger partial charge in [0.05, 0.1) is 19.0 Å². The van der Waals surface area contributed by atoms with Gasteiger partial charge in [0.25, 0.3) is 9.73 Å². The summed E-state index contributed by atoms with van der Waals surface area (Å²) in [5.74, 6) is 0.406. The van der Waals surface area contributed by atoms with Crippen molar-refractivity contribution in [2.75, 3.05) is 38.6 Å². The van der Waals surface area contributed by atoms with Crippen molar-refractivity contribution in [3.8, 4) is 0 Å². The van der Waals surface area contributed by atoms with E-state index < -0.39 is 21.3 Å². The maximum atomic E-state index is 14.1. The Labute approximate surface area is 190 Å². The molecule has 0 spiro atoms. The molecule has 168 valence electrons. The van der Waals surface area contributed by atoms with E-state index in [4.69, 9.17) is 4.74 Å². The molecular formula is C21H24F3N2O2S3+. The summed E-state index contributed by atoms with van der Waals surface area (Å²) in [5, 5.41) is 0. The van der Waals surface area contributed by atoms with Gasteiger partial charge < -0.3 is 4.74 Å². The number of benzene rings is 2. The van der Waals surface area contributed by atoms with Gasteiger partial charge in [0.15, 0.2) is 10.9 Å². The Morgan fingerprint density at radius 3 is 2.55 bits per heavy atom. The third-order valence-electron chi connectivity index (χ3n) is 5.47. The summed E-state index contributed by atoms with van der Waals surface area (Å²) in [6.07, 6.45) is 0.481. The highest BCUT2D eigenvalue weighted by Crippen LogP contribution is 2.48. The van der Waals surface area contributed by atoms with Crippen molar-refractivity contribution in [3.05, 3.63) is 48.5 Å². The van der Waals surface area contributed by atoms with Crippen LogP contribution in [0.2, 0.25) is 0 Å². The monoisotopic (exact) mass is 489 g/mol. The van der Waals surface area contributed by atoms with E-state index in [1.54, 1.807) is 12.1 Å².